The van der Waals surface area contributed by atoms with Crippen molar-refractivity contribution in [2.24, 2.45) is 0 Å². The maximum Gasteiger partial charge on any atom is 0.0650 e. The van der Waals surface area contributed by atoms with Gasteiger partial charge < -0.3 is 4.74 Å². The van der Waals surface area contributed by atoms with Gasteiger partial charge in [0.1, 0.15) is 0 Å². The Morgan fingerprint density at radius 3 is 3.00 bits per heavy atom. The van der Waals surface area contributed by atoms with Crippen molar-refractivity contribution in [3.05, 3.63) is 0 Å². The van der Waals surface area contributed by atoms with Gasteiger partial charge in [0.2, 0.25) is 0 Å². The van der Waals surface area contributed by atoms with E-state index in [1.54, 1.807) is 0 Å². The van der Waals surface area contributed by atoms with Crippen LogP contribution >= 0.6 is 0 Å². The van der Waals surface area contributed by atoms with E-state index in [-0.39, 0.29) is 0 Å². The van der Waals surface area contributed by atoms with Gasteiger partial charge in [-0.15, -0.1) is 5.92 Å². The first-order valence-electron chi connectivity index (χ1n) is 5.10. The molecule has 1 aliphatic heterocycles. The van der Waals surface area contributed by atoms with Crippen LogP contribution in [0.5, 0.6) is 0 Å². The molecular weight excluding hydrogens is 162 g/mol. The van der Waals surface area contributed by atoms with Crippen LogP contribution in [0.3, 0.4) is 0 Å². The Kier molecular flexibility index (Phi) is 2.57. The maximum atomic E-state index is 5.59. The zero-order valence-corrected chi connectivity index (χ0v) is 8.31. The van der Waals surface area contributed by atoms with E-state index in [9.17, 15) is 0 Å². The van der Waals surface area contributed by atoms with Crippen molar-refractivity contribution in [3.8, 4) is 11.8 Å². The molecule has 0 unspecified atom stereocenters. The molecule has 2 heteroatoms. The highest BCUT2D eigenvalue weighted by Gasteiger charge is 2.48. The molecule has 0 amide bonds. The minimum absolute atomic E-state index is 0.389. The average molecular weight is 179 g/mol. The molecule has 1 aliphatic carbocycles. The van der Waals surface area contributed by atoms with Crippen LogP contribution < -0.4 is 0 Å². The molecule has 0 aromatic carbocycles. The van der Waals surface area contributed by atoms with E-state index in [0.717, 1.165) is 32.7 Å². The molecule has 0 atom stereocenters. The van der Waals surface area contributed by atoms with E-state index in [1.165, 1.54) is 12.8 Å². The van der Waals surface area contributed by atoms with Gasteiger partial charge in [-0.1, -0.05) is 5.92 Å². The molecule has 0 aromatic rings. The summed E-state index contributed by atoms with van der Waals surface area (Å²) in [5.41, 5.74) is 0.389. The monoisotopic (exact) mass is 179 g/mol. The smallest absolute Gasteiger partial charge is 0.0650 e. The van der Waals surface area contributed by atoms with Gasteiger partial charge in [0.15, 0.2) is 0 Å². The highest BCUT2D eigenvalue weighted by molar-refractivity contribution is 5.09. The number of ether oxygens (including phenoxy) is 1. The Hall–Kier alpha value is -0.520. The fraction of sp³-hybridized carbons (Fsp3) is 0.818. The topological polar surface area (TPSA) is 12.5 Å². The first-order chi connectivity index (χ1) is 6.37. The summed E-state index contributed by atoms with van der Waals surface area (Å²) < 4.78 is 5.59. The molecule has 1 spiro atoms. The van der Waals surface area contributed by atoms with Gasteiger partial charge in [-0.25, -0.2) is 0 Å². The molecule has 0 N–H and O–H groups in total. The normalized spacial score (nSPS) is 26.2. The van der Waals surface area contributed by atoms with Crippen molar-refractivity contribution < 1.29 is 4.74 Å². The van der Waals surface area contributed by atoms with Crippen molar-refractivity contribution in [3.63, 3.8) is 0 Å². The molecule has 2 nitrogen and oxygen atoms in total. The minimum atomic E-state index is 0.389. The van der Waals surface area contributed by atoms with Gasteiger partial charge in [0.05, 0.1) is 13.2 Å². The fourth-order valence-electron chi connectivity index (χ4n) is 1.97. The second-order valence-electron chi connectivity index (χ2n) is 3.98. The molecule has 1 heterocycles. The summed E-state index contributed by atoms with van der Waals surface area (Å²) in [6.45, 7) is 5.86. The van der Waals surface area contributed by atoms with Crippen LogP contribution in [0, 0.1) is 11.8 Å². The van der Waals surface area contributed by atoms with Crippen LogP contribution in [0.4, 0.5) is 0 Å². The largest absolute Gasteiger partial charge is 0.379 e. The average Bonchev–Trinajstić information content (AvgIpc) is 2.93. The lowest BCUT2D eigenvalue weighted by Crippen LogP contribution is -2.39. The SMILES string of the molecule is CC#CCN1CCCOCC12CC2. The summed E-state index contributed by atoms with van der Waals surface area (Å²) in [6.07, 6.45) is 3.77. The highest BCUT2D eigenvalue weighted by Crippen LogP contribution is 2.42. The van der Waals surface area contributed by atoms with Crippen LogP contribution in [0.25, 0.3) is 0 Å². The zero-order chi connectivity index (χ0) is 9.15. The molecule has 13 heavy (non-hydrogen) atoms. The van der Waals surface area contributed by atoms with E-state index < -0.39 is 0 Å². The summed E-state index contributed by atoms with van der Waals surface area (Å²) in [7, 11) is 0. The second-order valence-corrected chi connectivity index (χ2v) is 3.98. The van der Waals surface area contributed by atoms with Crippen molar-refractivity contribution in [1.82, 2.24) is 4.90 Å². The number of rotatable bonds is 1. The van der Waals surface area contributed by atoms with E-state index in [1.807, 2.05) is 6.92 Å². The van der Waals surface area contributed by atoms with E-state index in [4.69, 9.17) is 4.74 Å². The summed E-state index contributed by atoms with van der Waals surface area (Å²) in [4.78, 5) is 2.51. The van der Waals surface area contributed by atoms with Crippen LogP contribution in [0.15, 0.2) is 0 Å². The summed E-state index contributed by atoms with van der Waals surface area (Å²) >= 11 is 0. The standard InChI is InChI=1S/C11H17NO/c1-2-3-7-12-8-4-9-13-10-11(12)5-6-11/h4-10H2,1H3. The summed E-state index contributed by atoms with van der Waals surface area (Å²) in [5.74, 6) is 6.13. The molecule has 0 aromatic heterocycles. The zero-order valence-electron chi connectivity index (χ0n) is 8.31. The van der Waals surface area contributed by atoms with Crippen molar-refractivity contribution in [1.29, 1.82) is 0 Å². The molecule has 0 bridgehead atoms. The third-order valence-corrected chi connectivity index (χ3v) is 3.03. The van der Waals surface area contributed by atoms with Crippen molar-refractivity contribution >= 4 is 0 Å². The van der Waals surface area contributed by atoms with Gasteiger partial charge in [-0.2, -0.15) is 0 Å². The molecular formula is C11H17NO. The number of hydrogen-bond acceptors (Lipinski definition) is 2. The Labute approximate surface area is 80.2 Å². The molecule has 72 valence electrons. The number of nitrogens with zero attached hydrogens (tertiary/aromatic N) is 1. The van der Waals surface area contributed by atoms with Crippen molar-refractivity contribution in [2.75, 3.05) is 26.3 Å². The lowest BCUT2D eigenvalue weighted by molar-refractivity contribution is 0.0932. The molecule has 1 saturated heterocycles. The Morgan fingerprint density at radius 1 is 1.46 bits per heavy atom. The Balaban J connectivity index is 1.98. The van der Waals surface area contributed by atoms with Crippen LogP contribution in [-0.2, 0) is 4.74 Å². The quantitative estimate of drug-likeness (QED) is 0.562. The molecule has 1 saturated carbocycles. The first-order valence-corrected chi connectivity index (χ1v) is 5.10. The predicted octanol–water partition coefficient (Wildman–Crippen LogP) is 1.26. The van der Waals surface area contributed by atoms with Gasteiger partial charge in [0, 0.05) is 18.7 Å². The van der Waals surface area contributed by atoms with Gasteiger partial charge in [0.25, 0.3) is 0 Å². The molecule has 2 rings (SSSR count). The molecule has 2 aliphatic rings. The summed E-state index contributed by atoms with van der Waals surface area (Å²) in [6, 6.07) is 0. The highest BCUT2D eigenvalue weighted by atomic mass is 16.5. The van der Waals surface area contributed by atoms with E-state index in [0.29, 0.717) is 5.54 Å². The van der Waals surface area contributed by atoms with E-state index >= 15 is 0 Å². The summed E-state index contributed by atoms with van der Waals surface area (Å²) in [5, 5.41) is 0. The fourth-order valence-corrected chi connectivity index (χ4v) is 1.97. The van der Waals surface area contributed by atoms with Crippen molar-refractivity contribution in [2.45, 2.75) is 31.7 Å². The number of hydrogen-bond donors (Lipinski definition) is 0. The third kappa shape index (κ3) is 1.87. The lowest BCUT2D eigenvalue weighted by Gasteiger charge is -2.26. The van der Waals surface area contributed by atoms with E-state index in [2.05, 4.69) is 16.7 Å². The Bertz CT molecular complexity index is 234. The molecule has 2 fully saturated rings. The minimum Gasteiger partial charge on any atom is -0.379 e. The maximum absolute atomic E-state index is 5.59. The van der Waals surface area contributed by atoms with Gasteiger partial charge in [-0.05, 0) is 26.2 Å². The predicted molar refractivity (Wildman–Crippen MR) is 52.4 cm³/mol. The first kappa shape index (κ1) is 9.05. The second kappa shape index (κ2) is 3.69. The van der Waals surface area contributed by atoms with Crippen LogP contribution in [0.1, 0.15) is 26.2 Å². The van der Waals surface area contributed by atoms with Gasteiger partial charge in [-0.3, -0.25) is 4.90 Å². The Morgan fingerprint density at radius 2 is 2.31 bits per heavy atom. The van der Waals surface area contributed by atoms with Gasteiger partial charge >= 0.3 is 0 Å². The lowest BCUT2D eigenvalue weighted by atomic mass is 10.2. The molecule has 0 radical (unpaired) electrons. The van der Waals surface area contributed by atoms with Crippen LogP contribution in [0.2, 0.25) is 0 Å². The van der Waals surface area contributed by atoms with Crippen LogP contribution in [-0.4, -0.2) is 36.7 Å². The third-order valence-electron chi connectivity index (χ3n) is 3.03.